The summed E-state index contributed by atoms with van der Waals surface area (Å²) >= 11 is 0. The SMILES string of the molecule is O=P(O)(O)CS(=O)(=O)C[C@H]1O[C@@H](n2ncc3c(NC4CCCC4)cc(CCCO)nc32)[C@H](O)[C@@H]1O. The zero-order valence-electron chi connectivity index (χ0n) is 19.0. The van der Waals surface area contributed by atoms with Crippen LogP contribution in [0.5, 0.6) is 0 Å². The molecule has 35 heavy (non-hydrogen) atoms. The lowest BCUT2D eigenvalue weighted by Crippen LogP contribution is -2.36. The van der Waals surface area contributed by atoms with Crippen molar-refractivity contribution in [2.24, 2.45) is 0 Å². The predicted molar refractivity (Wildman–Crippen MR) is 125 cm³/mol. The van der Waals surface area contributed by atoms with Crippen molar-refractivity contribution in [3.8, 4) is 0 Å². The van der Waals surface area contributed by atoms with Gasteiger partial charge in [0, 0.05) is 24.0 Å². The summed E-state index contributed by atoms with van der Waals surface area (Å²) in [6, 6.07) is 2.20. The minimum atomic E-state index is -4.85. The van der Waals surface area contributed by atoms with Gasteiger partial charge in [-0.2, -0.15) is 5.10 Å². The average Bonchev–Trinajstić information content (AvgIpc) is 3.47. The highest BCUT2D eigenvalue weighted by atomic mass is 32.2. The quantitative estimate of drug-likeness (QED) is 0.221. The van der Waals surface area contributed by atoms with Crippen LogP contribution >= 0.6 is 7.60 Å². The van der Waals surface area contributed by atoms with E-state index in [1.54, 1.807) is 6.20 Å². The van der Waals surface area contributed by atoms with Gasteiger partial charge in [-0.05, 0) is 31.7 Å². The summed E-state index contributed by atoms with van der Waals surface area (Å²) in [6.07, 6.45) is 1.02. The second-order valence-corrected chi connectivity index (χ2v) is 13.4. The fraction of sp³-hybridized carbons (Fsp3) is 0.700. The molecule has 0 spiro atoms. The smallest absolute Gasteiger partial charge is 0.340 e. The van der Waals surface area contributed by atoms with Gasteiger partial charge in [0.05, 0.1) is 17.3 Å². The predicted octanol–water partition coefficient (Wildman–Crippen LogP) is -0.120. The number of pyridine rings is 1. The molecule has 15 heteroatoms. The van der Waals surface area contributed by atoms with Gasteiger partial charge >= 0.3 is 7.60 Å². The van der Waals surface area contributed by atoms with Gasteiger partial charge in [0.15, 0.2) is 27.2 Å². The first kappa shape index (κ1) is 26.4. The number of nitrogens with zero attached hydrogens (tertiary/aromatic N) is 3. The number of aliphatic hydroxyl groups excluding tert-OH is 3. The number of aliphatic hydroxyl groups is 3. The molecule has 4 atom stereocenters. The highest BCUT2D eigenvalue weighted by Crippen LogP contribution is 2.38. The summed E-state index contributed by atoms with van der Waals surface area (Å²) in [5.41, 5.74) is 0.456. The van der Waals surface area contributed by atoms with E-state index in [0.29, 0.717) is 35.6 Å². The summed E-state index contributed by atoms with van der Waals surface area (Å²) in [4.78, 5) is 22.6. The Morgan fingerprint density at radius 1 is 1.20 bits per heavy atom. The zero-order chi connectivity index (χ0) is 25.4. The normalized spacial score (nSPS) is 26.1. The van der Waals surface area contributed by atoms with Crippen LogP contribution in [0.4, 0.5) is 5.69 Å². The van der Waals surface area contributed by atoms with Crippen LogP contribution in [-0.4, -0.2) is 90.5 Å². The number of ether oxygens (including phenoxy) is 1. The summed E-state index contributed by atoms with van der Waals surface area (Å²) in [5, 5.41) is 38.8. The van der Waals surface area contributed by atoms with Crippen LogP contribution in [0.15, 0.2) is 12.3 Å². The number of anilines is 1. The molecule has 1 aliphatic heterocycles. The Balaban J connectivity index is 1.63. The third-order valence-corrected chi connectivity index (χ3v) is 10.0. The maximum absolute atomic E-state index is 12.2. The average molecular weight is 535 g/mol. The molecule has 0 bridgehead atoms. The molecule has 2 aromatic rings. The van der Waals surface area contributed by atoms with Gasteiger partial charge in [-0.1, -0.05) is 12.8 Å². The van der Waals surface area contributed by atoms with Crippen LogP contribution in [0.1, 0.15) is 44.0 Å². The molecule has 0 aromatic carbocycles. The van der Waals surface area contributed by atoms with Crippen LogP contribution in [-0.2, 0) is 25.6 Å². The van der Waals surface area contributed by atoms with Crippen LogP contribution in [0.25, 0.3) is 11.0 Å². The summed E-state index contributed by atoms with van der Waals surface area (Å²) < 4.78 is 42.4. The van der Waals surface area contributed by atoms with E-state index in [1.165, 1.54) is 4.68 Å². The molecule has 3 heterocycles. The Morgan fingerprint density at radius 3 is 2.57 bits per heavy atom. The van der Waals surface area contributed by atoms with Gasteiger partial charge in [-0.3, -0.25) is 4.57 Å². The standard InChI is InChI=1S/C20H31N4O9PS/c25-7-3-6-13-8-15(22-12-4-1-2-5-12)14-9-21-24(19(14)23-13)20-18(27)17(26)16(33-20)10-35(31,32)11-34(28,29)30/h8-9,12,16-18,20,25-27H,1-7,10-11H2,(H,22,23)(H2,28,29,30)/t16-,17-,18-,20-/m1/s1. The Bertz CT molecular complexity index is 1190. The second kappa shape index (κ2) is 10.4. The second-order valence-electron chi connectivity index (χ2n) is 9.19. The van der Waals surface area contributed by atoms with E-state index in [0.717, 1.165) is 31.4 Å². The van der Waals surface area contributed by atoms with Crippen LogP contribution in [0.3, 0.4) is 0 Å². The third-order valence-electron chi connectivity index (χ3n) is 6.29. The Kier molecular flexibility index (Phi) is 7.84. The first-order valence-corrected chi connectivity index (χ1v) is 15.1. The Hall–Kier alpha value is -1.64. The topological polar surface area (TPSA) is 204 Å². The molecule has 6 N–H and O–H groups in total. The molecule has 1 saturated heterocycles. The van der Waals surface area contributed by atoms with Crippen molar-refractivity contribution in [2.75, 3.05) is 23.2 Å². The molecule has 4 rings (SSSR count). The summed E-state index contributed by atoms with van der Waals surface area (Å²) in [5.74, 6) is -0.879. The van der Waals surface area contributed by atoms with E-state index in [-0.39, 0.29) is 6.61 Å². The summed E-state index contributed by atoms with van der Waals surface area (Å²) in [6.45, 7) is -0.00816. The lowest BCUT2D eigenvalue weighted by molar-refractivity contribution is -0.0364. The number of hydrogen-bond donors (Lipinski definition) is 6. The van der Waals surface area contributed by atoms with Crippen molar-refractivity contribution < 1.29 is 42.8 Å². The maximum atomic E-state index is 12.2. The number of aryl methyl sites for hydroxylation is 1. The number of hydrogen-bond acceptors (Lipinski definition) is 10. The number of sulfone groups is 1. The van der Waals surface area contributed by atoms with Gasteiger partial charge in [0.2, 0.25) is 0 Å². The number of fused-ring (bicyclic) bond motifs is 1. The van der Waals surface area contributed by atoms with Crippen molar-refractivity contribution in [1.82, 2.24) is 14.8 Å². The first-order valence-electron chi connectivity index (χ1n) is 11.5. The van der Waals surface area contributed by atoms with Crippen LogP contribution in [0.2, 0.25) is 0 Å². The number of rotatable bonds is 10. The van der Waals surface area contributed by atoms with Crippen molar-refractivity contribution in [1.29, 1.82) is 0 Å². The monoisotopic (exact) mass is 534 g/mol. The minimum Gasteiger partial charge on any atom is -0.396 e. The van der Waals surface area contributed by atoms with E-state index < -0.39 is 53.2 Å². The molecule has 0 radical (unpaired) electrons. The lowest BCUT2D eigenvalue weighted by atomic mass is 10.1. The van der Waals surface area contributed by atoms with E-state index in [4.69, 9.17) is 14.5 Å². The van der Waals surface area contributed by atoms with E-state index in [9.17, 15) is 28.3 Å². The van der Waals surface area contributed by atoms with Gasteiger partial charge < -0.3 is 35.2 Å². The fourth-order valence-corrected chi connectivity index (χ4v) is 7.93. The molecule has 196 valence electrons. The van der Waals surface area contributed by atoms with Gasteiger partial charge in [-0.15, -0.1) is 0 Å². The largest absolute Gasteiger partial charge is 0.396 e. The van der Waals surface area contributed by atoms with Crippen LogP contribution < -0.4 is 5.32 Å². The van der Waals surface area contributed by atoms with Crippen molar-refractivity contribution in [3.63, 3.8) is 0 Å². The molecule has 2 aromatic heterocycles. The molecule has 2 aliphatic rings. The third kappa shape index (κ3) is 6.20. The highest BCUT2D eigenvalue weighted by Gasteiger charge is 2.47. The van der Waals surface area contributed by atoms with Crippen molar-refractivity contribution >= 4 is 34.2 Å². The van der Waals surface area contributed by atoms with E-state index in [1.807, 2.05) is 6.07 Å². The van der Waals surface area contributed by atoms with E-state index in [2.05, 4.69) is 15.4 Å². The first-order chi connectivity index (χ1) is 16.5. The molecule has 2 fully saturated rings. The minimum absolute atomic E-state index is 0.00816. The van der Waals surface area contributed by atoms with Crippen molar-refractivity contribution in [2.45, 2.75) is 69.1 Å². The maximum Gasteiger partial charge on any atom is 0.340 e. The Labute approximate surface area is 202 Å². The molecule has 1 saturated carbocycles. The molecular formula is C20H31N4O9PS. The lowest BCUT2D eigenvalue weighted by Gasteiger charge is -2.18. The highest BCUT2D eigenvalue weighted by molar-refractivity contribution is 7.97. The molecule has 1 aliphatic carbocycles. The molecule has 13 nitrogen and oxygen atoms in total. The van der Waals surface area contributed by atoms with Gasteiger partial charge in [0.25, 0.3) is 0 Å². The van der Waals surface area contributed by atoms with Gasteiger partial charge in [0.1, 0.15) is 18.3 Å². The van der Waals surface area contributed by atoms with Crippen molar-refractivity contribution in [3.05, 3.63) is 18.0 Å². The number of aromatic nitrogens is 3. The molecular weight excluding hydrogens is 503 g/mol. The number of nitrogens with one attached hydrogen (secondary N) is 1. The van der Waals surface area contributed by atoms with E-state index >= 15 is 0 Å². The molecule has 0 amide bonds. The molecule has 0 unspecified atom stereocenters. The van der Waals surface area contributed by atoms with Crippen LogP contribution in [0, 0.1) is 0 Å². The summed E-state index contributed by atoms with van der Waals surface area (Å²) in [7, 11) is -9.14. The Morgan fingerprint density at radius 2 is 1.91 bits per heavy atom. The van der Waals surface area contributed by atoms with Gasteiger partial charge in [-0.25, -0.2) is 18.1 Å². The zero-order valence-corrected chi connectivity index (χ0v) is 20.7. The fourth-order valence-electron chi connectivity index (χ4n) is 4.68.